The molecule has 24 heavy (non-hydrogen) atoms. The van der Waals surface area contributed by atoms with E-state index in [1.54, 1.807) is 18.2 Å². The van der Waals surface area contributed by atoms with Crippen LogP contribution >= 0.6 is 0 Å². The lowest BCUT2D eigenvalue weighted by molar-refractivity contribution is -0.349. The van der Waals surface area contributed by atoms with Gasteiger partial charge in [-0.3, -0.25) is 4.98 Å². The number of alkyl halides is 7. The normalized spacial score (nSPS) is 13.6. The molecule has 3 aromatic rings. The zero-order valence-electron chi connectivity index (χ0n) is 11.6. The summed E-state index contributed by atoms with van der Waals surface area (Å²) in [5.41, 5.74) is -7.48. The number of rotatable bonds is 1. The first-order chi connectivity index (χ1) is 11.1. The molecule has 0 bridgehead atoms. The molecule has 0 saturated heterocycles. The second-order valence-electron chi connectivity index (χ2n) is 5.06. The number of benzene rings is 1. The third kappa shape index (κ3) is 2.26. The fourth-order valence-electron chi connectivity index (χ4n) is 2.37. The molecule has 2 nitrogen and oxygen atoms in total. The Bertz CT molecular complexity index is 901. The predicted octanol–water partition coefficient (Wildman–Crippen LogP) is 5.07. The summed E-state index contributed by atoms with van der Waals surface area (Å²) < 4.78 is 91.2. The highest BCUT2D eigenvalue weighted by atomic mass is 19.4. The van der Waals surface area contributed by atoms with Gasteiger partial charge in [0.15, 0.2) is 0 Å². The molecule has 0 radical (unpaired) electrons. The van der Waals surface area contributed by atoms with E-state index in [1.807, 2.05) is 0 Å². The van der Waals surface area contributed by atoms with Crippen molar-refractivity contribution in [3.05, 3.63) is 48.3 Å². The minimum absolute atomic E-state index is 0.0866. The zero-order chi connectivity index (χ0) is 17.8. The lowest BCUT2D eigenvalue weighted by Gasteiger charge is -2.29. The minimum Gasteiger partial charge on any atom is -0.254 e. The van der Waals surface area contributed by atoms with Gasteiger partial charge in [0.1, 0.15) is 0 Å². The highest BCUT2D eigenvalue weighted by molar-refractivity contribution is 6.02. The van der Waals surface area contributed by atoms with E-state index in [0.717, 1.165) is 6.07 Å². The van der Waals surface area contributed by atoms with Crippen LogP contribution in [0.1, 0.15) is 5.69 Å². The Balaban J connectivity index is 2.36. The third-order valence-corrected chi connectivity index (χ3v) is 3.57. The van der Waals surface area contributed by atoms with Gasteiger partial charge >= 0.3 is 18.0 Å². The van der Waals surface area contributed by atoms with Crippen LogP contribution in [0.3, 0.4) is 0 Å². The highest BCUT2D eigenvalue weighted by Gasteiger charge is 2.74. The van der Waals surface area contributed by atoms with Gasteiger partial charge in [-0.25, -0.2) is 9.37 Å². The van der Waals surface area contributed by atoms with Crippen molar-refractivity contribution in [3.63, 3.8) is 0 Å². The van der Waals surface area contributed by atoms with Crippen molar-refractivity contribution in [1.82, 2.24) is 9.97 Å². The second-order valence-corrected chi connectivity index (χ2v) is 5.06. The van der Waals surface area contributed by atoms with Crippen LogP contribution in [0.2, 0.25) is 0 Å². The molecule has 0 aliphatic heterocycles. The first-order valence-electron chi connectivity index (χ1n) is 6.53. The standard InChI is InChI=1S/C15H7F7N2/c16-13(14(17,18)19,15(20,21)22)10-6-5-9-4-3-8-2-1-7-23-11(8)12(9)24-10/h1-7H. The molecule has 0 aliphatic carbocycles. The van der Waals surface area contributed by atoms with E-state index >= 15 is 0 Å². The van der Waals surface area contributed by atoms with Gasteiger partial charge in [-0.2, -0.15) is 26.3 Å². The molecule has 0 amide bonds. The van der Waals surface area contributed by atoms with E-state index in [-0.39, 0.29) is 16.4 Å². The van der Waals surface area contributed by atoms with Crippen LogP contribution in [0.15, 0.2) is 42.6 Å². The van der Waals surface area contributed by atoms with Crippen molar-refractivity contribution in [2.75, 3.05) is 0 Å². The Hall–Kier alpha value is -2.45. The summed E-state index contributed by atoms with van der Waals surface area (Å²) >= 11 is 0. The molecule has 0 aliphatic rings. The van der Waals surface area contributed by atoms with Crippen molar-refractivity contribution in [3.8, 4) is 0 Å². The Morgan fingerprint density at radius 1 is 0.667 bits per heavy atom. The van der Waals surface area contributed by atoms with Crippen LogP contribution < -0.4 is 0 Å². The van der Waals surface area contributed by atoms with E-state index in [2.05, 4.69) is 9.97 Å². The topological polar surface area (TPSA) is 25.8 Å². The summed E-state index contributed by atoms with van der Waals surface area (Å²) in [7, 11) is 0. The number of halogens is 7. The first-order valence-corrected chi connectivity index (χ1v) is 6.53. The summed E-state index contributed by atoms with van der Waals surface area (Å²) in [6, 6.07) is 7.49. The first kappa shape index (κ1) is 16.4. The van der Waals surface area contributed by atoms with Gasteiger partial charge in [-0.15, -0.1) is 0 Å². The quantitative estimate of drug-likeness (QED) is 0.453. The van der Waals surface area contributed by atoms with Crippen LogP contribution in [0.25, 0.3) is 21.8 Å². The largest absolute Gasteiger partial charge is 0.437 e. The van der Waals surface area contributed by atoms with Gasteiger partial charge in [-0.1, -0.05) is 24.3 Å². The van der Waals surface area contributed by atoms with Gasteiger partial charge in [0.2, 0.25) is 0 Å². The minimum atomic E-state index is -6.20. The SMILES string of the molecule is FC(F)(F)C(F)(c1ccc2ccc3cccnc3c2n1)C(F)(F)F. The van der Waals surface area contributed by atoms with Crippen LogP contribution in [-0.2, 0) is 5.67 Å². The maximum absolute atomic E-state index is 14.1. The smallest absolute Gasteiger partial charge is 0.254 e. The maximum atomic E-state index is 14.1. The average molecular weight is 348 g/mol. The molecule has 0 fully saturated rings. The van der Waals surface area contributed by atoms with Gasteiger partial charge in [0.05, 0.1) is 16.7 Å². The molecule has 0 unspecified atom stereocenters. The zero-order valence-corrected chi connectivity index (χ0v) is 11.6. The number of hydrogen-bond acceptors (Lipinski definition) is 2. The number of nitrogens with zero attached hydrogens (tertiary/aromatic N) is 2. The lowest BCUT2D eigenvalue weighted by Crippen LogP contribution is -2.50. The summed E-state index contributed by atoms with van der Waals surface area (Å²) in [4.78, 5) is 7.24. The molecule has 9 heteroatoms. The Morgan fingerprint density at radius 3 is 1.79 bits per heavy atom. The summed E-state index contributed by atoms with van der Waals surface area (Å²) in [5, 5.41) is 0.703. The van der Waals surface area contributed by atoms with Crippen LogP contribution in [0, 0.1) is 0 Å². The molecule has 0 spiro atoms. The summed E-state index contributed by atoms with van der Waals surface area (Å²) in [6.07, 6.45) is -11.1. The number of hydrogen-bond donors (Lipinski definition) is 0. The van der Waals surface area contributed by atoms with Crippen LogP contribution in [-0.4, -0.2) is 22.3 Å². The molecule has 3 rings (SSSR count). The fourth-order valence-corrected chi connectivity index (χ4v) is 2.37. The van der Waals surface area contributed by atoms with E-state index in [0.29, 0.717) is 11.5 Å². The molecule has 0 N–H and O–H groups in total. The van der Waals surface area contributed by atoms with Crippen molar-refractivity contribution < 1.29 is 30.7 Å². The predicted molar refractivity (Wildman–Crippen MR) is 71.9 cm³/mol. The van der Waals surface area contributed by atoms with E-state index in [1.165, 1.54) is 12.3 Å². The Morgan fingerprint density at radius 2 is 1.21 bits per heavy atom. The van der Waals surface area contributed by atoms with Gasteiger partial charge in [-0.05, 0) is 12.1 Å². The molecule has 0 saturated carbocycles. The van der Waals surface area contributed by atoms with Crippen LogP contribution in [0.5, 0.6) is 0 Å². The van der Waals surface area contributed by atoms with Crippen molar-refractivity contribution in [1.29, 1.82) is 0 Å². The van der Waals surface area contributed by atoms with E-state index < -0.39 is 23.7 Å². The molecule has 0 atom stereocenters. The molecule has 126 valence electrons. The van der Waals surface area contributed by atoms with E-state index in [9.17, 15) is 30.7 Å². The highest BCUT2D eigenvalue weighted by Crippen LogP contribution is 2.52. The molecular formula is C15H7F7N2. The maximum Gasteiger partial charge on any atom is 0.437 e. The van der Waals surface area contributed by atoms with Crippen molar-refractivity contribution in [2.24, 2.45) is 0 Å². The van der Waals surface area contributed by atoms with Crippen molar-refractivity contribution in [2.45, 2.75) is 18.0 Å². The molecule has 2 heterocycles. The molecular weight excluding hydrogens is 341 g/mol. The van der Waals surface area contributed by atoms with Gasteiger partial charge < -0.3 is 0 Å². The third-order valence-electron chi connectivity index (χ3n) is 3.57. The summed E-state index contributed by atoms with van der Waals surface area (Å²) in [6.45, 7) is 0. The Labute approximate surface area is 129 Å². The van der Waals surface area contributed by atoms with Gasteiger partial charge in [0.25, 0.3) is 0 Å². The van der Waals surface area contributed by atoms with E-state index in [4.69, 9.17) is 0 Å². The molecule has 1 aromatic carbocycles. The summed E-state index contributed by atoms with van der Waals surface area (Å²) in [5.74, 6) is 0. The van der Waals surface area contributed by atoms with Crippen molar-refractivity contribution >= 4 is 21.8 Å². The average Bonchev–Trinajstić information content (AvgIpc) is 2.51. The van der Waals surface area contributed by atoms with Gasteiger partial charge in [0, 0.05) is 17.0 Å². The lowest BCUT2D eigenvalue weighted by atomic mass is 9.98. The number of fused-ring (bicyclic) bond motifs is 3. The van der Waals surface area contributed by atoms with Crippen LogP contribution in [0.4, 0.5) is 30.7 Å². The Kier molecular flexibility index (Phi) is 3.43. The fraction of sp³-hybridized carbons (Fsp3) is 0.200. The number of aromatic nitrogens is 2. The number of pyridine rings is 2. The monoisotopic (exact) mass is 348 g/mol. The molecule has 2 aromatic heterocycles. The second kappa shape index (κ2) is 5.02.